The average Bonchev–Trinajstić information content (AvgIpc) is 3.00. The summed E-state index contributed by atoms with van der Waals surface area (Å²) in [7, 11) is 0. The Morgan fingerprint density at radius 1 is 1.32 bits per heavy atom. The van der Waals surface area contributed by atoms with Crippen molar-refractivity contribution in [2.24, 2.45) is 0 Å². The van der Waals surface area contributed by atoms with Crippen molar-refractivity contribution in [3.8, 4) is 0 Å². The van der Waals surface area contributed by atoms with Crippen LogP contribution in [0, 0.1) is 10.1 Å². The molecule has 1 atom stereocenters. The van der Waals surface area contributed by atoms with Crippen LogP contribution in [0.25, 0.3) is 0 Å². The van der Waals surface area contributed by atoms with Gasteiger partial charge in [0.15, 0.2) is 0 Å². The number of carbonyl (C=O) groups excluding carboxylic acids is 1. The highest BCUT2D eigenvalue weighted by Gasteiger charge is 2.21. The van der Waals surface area contributed by atoms with Crippen molar-refractivity contribution in [1.82, 2.24) is 5.32 Å². The van der Waals surface area contributed by atoms with E-state index < -0.39 is 22.8 Å². The minimum absolute atomic E-state index is 0.154. The van der Waals surface area contributed by atoms with Gasteiger partial charge in [0.2, 0.25) is 0 Å². The number of carbonyl (C=O) groups is 2. The van der Waals surface area contributed by atoms with Gasteiger partial charge in [0.05, 0.1) is 22.3 Å². The molecular formula is C14H12N2O5S. The van der Waals surface area contributed by atoms with Gasteiger partial charge >= 0.3 is 5.97 Å². The van der Waals surface area contributed by atoms with Crippen molar-refractivity contribution < 1.29 is 19.6 Å². The first kappa shape index (κ1) is 15.6. The number of non-ortho nitro benzene ring substituents is 1. The van der Waals surface area contributed by atoms with E-state index in [0.29, 0.717) is 10.4 Å². The molecule has 0 bridgehead atoms. The lowest BCUT2D eigenvalue weighted by Gasteiger charge is -2.16. The Hall–Kier alpha value is -2.74. The molecule has 2 N–H and O–H groups in total. The molecular weight excluding hydrogens is 308 g/mol. The van der Waals surface area contributed by atoms with E-state index in [9.17, 15) is 19.7 Å². The number of rotatable bonds is 6. The Morgan fingerprint density at radius 2 is 2.09 bits per heavy atom. The molecule has 0 unspecified atom stereocenters. The molecule has 22 heavy (non-hydrogen) atoms. The summed E-state index contributed by atoms with van der Waals surface area (Å²) in [5, 5.41) is 24.1. The number of nitrogens with one attached hydrogen (secondary N) is 1. The second-order valence-electron chi connectivity index (χ2n) is 4.45. The van der Waals surface area contributed by atoms with Gasteiger partial charge in [-0.25, -0.2) is 0 Å². The number of benzene rings is 1. The minimum atomic E-state index is -1.11. The Labute approximate surface area is 129 Å². The molecule has 0 saturated carbocycles. The smallest absolute Gasteiger partial charge is 0.305 e. The molecule has 0 aliphatic heterocycles. The van der Waals surface area contributed by atoms with Crippen LogP contribution in [0.3, 0.4) is 0 Å². The number of carboxylic acid groups (broad SMARTS) is 1. The van der Waals surface area contributed by atoms with Gasteiger partial charge in [0.25, 0.3) is 11.6 Å². The topological polar surface area (TPSA) is 110 Å². The summed E-state index contributed by atoms with van der Waals surface area (Å²) in [4.78, 5) is 33.7. The summed E-state index contributed by atoms with van der Waals surface area (Å²) in [6, 6.07) is 8.07. The first-order chi connectivity index (χ1) is 10.5. The quantitative estimate of drug-likeness (QED) is 0.628. The number of thiophene rings is 1. The van der Waals surface area contributed by atoms with Gasteiger partial charge in [-0.15, -0.1) is 11.3 Å². The first-order valence-electron chi connectivity index (χ1n) is 6.28. The molecule has 1 heterocycles. The molecule has 1 aromatic carbocycles. The zero-order valence-corrected chi connectivity index (χ0v) is 12.1. The number of hydrogen-bond acceptors (Lipinski definition) is 5. The summed E-state index contributed by atoms with van der Waals surface area (Å²) in [6.45, 7) is 0. The van der Waals surface area contributed by atoms with Gasteiger partial charge in [-0.1, -0.05) is 18.2 Å². The van der Waals surface area contributed by atoms with Crippen LogP contribution in [0.1, 0.15) is 27.7 Å². The second kappa shape index (κ2) is 6.81. The van der Waals surface area contributed by atoms with E-state index in [1.54, 1.807) is 23.6 Å². The fourth-order valence-corrected chi connectivity index (χ4v) is 2.55. The van der Waals surface area contributed by atoms with Crippen LogP contribution >= 0.6 is 11.3 Å². The Morgan fingerprint density at radius 3 is 2.68 bits per heavy atom. The van der Waals surface area contributed by atoms with Crippen LogP contribution in [0.4, 0.5) is 5.69 Å². The fraction of sp³-hybridized carbons (Fsp3) is 0.143. The van der Waals surface area contributed by atoms with E-state index in [1.807, 2.05) is 0 Å². The Kier molecular flexibility index (Phi) is 4.84. The standard InChI is InChI=1S/C14H12N2O5S/c17-13(18)8-11(15-14(19)12-5-2-6-22-12)9-3-1-4-10(7-9)16(20)21/h1-7,11H,8H2,(H,15,19)(H,17,18)/t11-/m0/s1. The van der Waals surface area contributed by atoms with Crippen molar-refractivity contribution in [2.75, 3.05) is 0 Å². The SMILES string of the molecule is O=C(O)C[C@H](NC(=O)c1cccs1)c1cccc([N+](=O)[O-])c1. The van der Waals surface area contributed by atoms with Crippen molar-refractivity contribution >= 4 is 28.9 Å². The molecule has 0 radical (unpaired) electrons. The predicted molar refractivity (Wildman–Crippen MR) is 79.9 cm³/mol. The van der Waals surface area contributed by atoms with Crippen molar-refractivity contribution in [3.63, 3.8) is 0 Å². The van der Waals surface area contributed by atoms with Crippen LogP contribution < -0.4 is 5.32 Å². The summed E-state index contributed by atoms with van der Waals surface area (Å²) < 4.78 is 0. The minimum Gasteiger partial charge on any atom is -0.481 e. The van der Waals surface area contributed by atoms with Gasteiger partial charge in [-0.2, -0.15) is 0 Å². The van der Waals surface area contributed by atoms with Crippen molar-refractivity contribution in [2.45, 2.75) is 12.5 Å². The molecule has 0 fully saturated rings. The number of hydrogen-bond donors (Lipinski definition) is 2. The van der Waals surface area contributed by atoms with Gasteiger partial charge in [0, 0.05) is 12.1 Å². The normalized spacial score (nSPS) is 11.6. The Balaban J connectivity index is 2.26. The molecule has 2 aromatic rings. The summed E-state index contributed by atoms with van der Waals surface area (Å²) in [5.41, 5.74) is 0.222. The molecule has 0 spiro atoms. The number of amides is 1. The number of aliphatic carboxylic acids is 1. The van der Waals surface area contributed by atoms with E-state index in [1.165, 1.54) is 29.5 Å². The number of carboxylic acids is 1. The third-order valence-electron chi connectivity index (χ3n) is 2.91. The van der Waals surface area contributed by atoms with Gasteiger partial charge in [0.1, 0.15) is 0 Å². The summed E-state index contributed by atoms with van der Waals surface area (Å²) in [5.74, 6) is -1.52. The van der Waals surface area contributed by atoms with E-state index >= 15 is 0 Å². The zero-order valence-electron chi connectivity index (χ0n) is 11.3. The lowest BCUT2D eigenvalue weighted by atomic mass is 10.0. The van der Waals surface area contributed by atoms with Crippen LogP contribution in [0.2, 0.25) is 0 Å². The first-order valence-corrected chi connectivity index (χ1v) is 7.16. The molecule has 1 amide bonds. The molecule has 0 saturated heterocycles. The van der Waals surface area contributed by atoms with E-state index in [-0.39, 0.29) is 12.1 Å². The third kappa shape index (κ3) is 3.89. The van der Waals surface area contributed by atoms with E-state index in [0.717, 1.165) is 0 Å². The lowest BCUT2D eigenvalue weighted by molar-refractivity contribution is -0.384. The largest absolute Gasteiger partial charge is 0.481 e. The maximum atomic E-state index is 12.1. The van der Waals surface area contributed by atoms with Crippen LogP contribution in [0.5, 0.6) is 0 Å². The zero-order chi connectivity index (χ0) is 16.1. The molecule has 114 valence electrons. The third-order valence-corrected chi connectivity index (χ3v) is 3.78. The van der Waals surface area contributed by atoms with Gasteiger partial charge in [-0.05, 0) is 17.0 Å². The predicted octanol–water partition coefficient (Wildman–Crippen LogP) is 2.60. The average molecular weight is 320 g/mol. The van der Waals surface area contributed by atoms with Crippen LogP contribution in [-0.2, 0) is 4.79 Å². The van der Waals surface area contributed by atoms with E-state index in [4.69, 9.17) is 5.11 Å². The lowest BCUT2D eigenvalue weighted by Crippen LogP contribution is -2.29. The highest BCUT2D eigenvalue weighted by atomic mass is 32.1. The van der Waals surface area contributed by atoms with Crippen molar-refractivity contribution in [3.05, 3.63) is 62.3 Å². The molecule has 0 aliphatic rings. The summed E-state index contributed by atoms with van der Waals surface area (Å²) in [6.07, 6.45) is -0.363. The molecule has 8 heteroatoms. The monoisotopic (exact) mass is 320 g/mol. The Bertz CT molecular complexity index is 699. The molecule has 2 rings (SSSR count). The molecule has 0 aliphatic carbocycles. The maximum absolute atomic E-state index is 12.1. The fourth-order valence-electron chi connectivity index (χ4n) is 1.92. The highest BCUT2D eigenvalue weighted by molar-refractivity contribution is 7.12. The van der Waals surface area contributed by atoms with Crippen molar-refractivity contribution in [1.29, 1.82) is 0 Å². The maximum Gasteiger partial charge on any atom is 0.305 e. The molecule has 7 nitrogen and oxygen atoms in total. The molecule has 1 aromatic heterocycles. The number of nitro benzene ring substituents is 1. The van der Waals surface area contributed by atoms with Crippen LogP contribution in [0.15, 0.2) is 41.8 Å². The number of nitro groups is 1. The summed E-state index contributed by atoms with van der Waals surface area (Å²) >= 11 is 1.23. The highest BCUT2D eigenvalue weighted by Crippen LogP contribution is 2.23. The van der Waals surface area contributed by atoms with Crippen LogP contribution in [-0.4, -0.2) is 21.9 Å². The van der Waals surface area contributed by atoms with Gasteiger partial charge in [-0.3, -0.25) is 19.7 Å². The second-order valence-corrected chi connectivity index (χ2v) is 5.40. The van der Waals surface area contributed by atoms with E-state index in [2.05, 4.69) is 5.32 Å². The number of nitrogens with zero attached hydrogens (tertiary/aromatic N) is 1. The van der Waals surface area contributed by atoms with Gasteiger partial charge < -0.3 is 10.4 Å².